The van der Waals surface area contributed by atoms with E-state index in [9.17, 15) is 38.7 Å². The van der Waals surface area contributed by atoms with Crippen LogP contribution < -0.4 is 21.7 Å². The molecule has 0 aliphatic rings. The van der Waals surface area contributed by atoms with Crippen molar-refractivity contribution < 1.29 is 54.0 Å². The lowest BCUT2D eigenvalue weighted by Gasteiger charge is -2.24. The summed E-state index contributed by atoms with van der Waals surface area (Å²) in [5, 5.41) is 42.0. The van der Waals surface area contributed by atoms with Gasteiger partial charge in [-0.25, -0.2) is 4.79 Å². The van der Waals surface area contributed by atoms with E-state index in [0.29, 0.717) is 0 Å². The van der Waals surface area contributed by atoms with Crippen LogP contribution in [0, 0.1) is 5.92 Å². The van der Waals surface area contributed by atoms with Crippen LogP contribution in [-0.2, 0) is 33.6 Å². The van der Waals surface area contributed by atoms with Gasteiger partial charge in [-0.3, -0.25) is 28.8 Å². The predicted octanol–water partition coefficient (Wildman–Crippen LogP) is -2.68. The molecule has 0 rings (SSSR count). The van der Waals surface area contributed by atoms with E-state index in [1.807, 2.05) is 10.6 Å². The molecule has 0 aromatic heterocycles. The van der Waals surface area contributed by atoms with E-state index in [2.05, 4.69) is 5.32 Å². The molecule has 0 saturated heterocycles. The molecule has 9 N–H and O–H groups in total. The molecule has 33 heavy (non-hydrogen) atoms. The molecule has 15 nitrogen and oxygen atoms in total. The highest BCUT2D eigenvalue weighted by Gasteiger charge is 2.33. The second-order valence-corrected chi connectivity index (χ2v) is 7.43. The number of carboxylic acid groups (broad SMARTS) is 4. The third kappa shape index (κ3) is 11.4. The van der Waals surface area contributed by atoms with Crippen molar-refractivity contribution in [3.8, 4) is 0 Å². The monoisotopic (exact) mass is 476 g/mol. The van der Waals surface area contributed by atoms with Gasteiger partial charge < -0.3 is 42.1 Å². The highest BCUT2D eigenvalue weighted by molar-refractivity contribution is 5.96. The molecule has 4 unspecified atom stereocenters. The van der Waals surface area contributed by atoms with E-state index in [4.69, 9.17) is 21.1 Å². The van der Waals surface area contributed by atoms with Gasteiger partial charge in [-0.15, -0.1) is 0 Å². The summed E-state index contributed by atoms with van der Waals surface area (Å²) in [6, 6.07) is -6.35. The first kappa shape index (κ1) is 29.2. The van der Waals surface area contributed by atoms with Crippen LogP contribution in [0.25, 0.3) is 0 Å². The molecular weight excluding hydrogens is 448 g/mol. The fraction of sp³-hybridized carbons (Fsp3) is 0.611. The lowest BCUT2D eigenvalue weighted by Crippen LogP contribution is -2.58. The smallest absolute Gasteiger partial charge is 0.326 e. The summed E-state index contributed by atoms with van der Waals surface area (Å²) in [5.74, 6) is -9.70. The van der Waals surface area contributed by atoms with Gasteiger partial charge in [0.25, 0.3) is 0 Å². The summed E-state index contributed by atoms with van der Waals surface area (Å²) >= 11 is 0. The van der Waals surface area contributed by atoms with E-state index in [-0.39, 0.29) is 6.42 Å². The Labute approximate surface area is 187 Å². The van der Waals surface area contributed by atoms with Crippen molar-refractivity contribution >= 4 is 41.6 Å². The molecule has 186 valence electrons. The van der Waals surface area contributed by atoms with Crippen LogP contribution in [-0.4, -0.2) is 86.2 Å². The average Bonchev–Trinajstić information content (AvgIpc) is 2.67. The molecule has 15 heteroatoms. The molecule has 4 atom stereocenters. The first-order valence-electron chi connectivity index (χ1n) is 9.70. The number of amides is 3. The minimum absolute atomic E-state index is 0.307. The fourth-order valence-corrected chi connectivity index (χ4v) is 2.50. The van der Waals surface area contributed by atoms with Crippen molar-refractivity contribution in [2.24, 2.45) is 11.7 Å². The minimum atomic E-state index is -1.79. The van der Waals surface area contributed by atoms with Crippen LogP contribution in [0.15, 0.2) is 0 Å². The number of rotatable bonds is 15. The van der Waals surface area contributed by atoms with Gasteiger partial charge in [-0.05, 0) is 12.3 Å². The van der Waals surface area contributed by atoms with Gasteiger partial charge in [0.2, 0.25) is 17.7 Å². The van der Waals surface area contributed by atoms with Crippen molar-refractivity contribution in [3.63, 3.8) is 0 Å². The van der Waals surface area contributed by atoms with Gasteiger partial charge in [0.05, 0.1) is 18.9 Å². The van der Waals surface area contributed by atoms with Crippen molar-refractivity contribution in [1.29, 1.82) is 0 Å². The number of nitrogens with two attached hydrogens (primary N) is 1. The Morgan fingerprint density at radius 2 is 1.12 bits per heavy atom. The van der Waals surface area contributed by atoms with Crippen molar-refractivity contribution in [2.45, 2.75) is 63.7 Å². The number of hydrogen-bond acceptors (Lipinski definition) is 8. The second kappa shape index (κ2) is 13.6. The number of carboxylic acids is 4. The first-order valence-corrected chi connectivity index (χ1v) is 9.70. The van der Waals surface area contributed by atoms with Gasteiger partial charge in [0.15, 0.2) is 0 Å². The molecule has 0 saturated carbocycles. The summed E-state index contributed by atoms with van der Waals surface area (Å²) in [6.45, 7) is 2.96. The zero-order chi connectivity index (χ0) is 25.9. The zero-order valence-corrected chi connectivity index (χ0v) is 17.9. The summed E-state index contributed by atoms with van der Waals surface area (Å²) < 4.78 is 0. The molecule has 0 fully saturated rings. The SMILES string of the molecule is CC(C)C(NC(=O)C(CC(=O)O)NC(=O)C(CC(=O)O)NC(=O)C(N)CCC(=O)O)C(=O)O. The van der Waals surface area contributed by atoms with Crippen LogP contribution >= 0.6 is 0 Å². The third-order valence-electron chi connectivity index (χ3n) is 4.26. The zero-order valence-electron chi connectivity index (χ0n) is 17.9. The maximum Gasteiger partial charge on any atom is 0.326 e. The van der Waals surface area contributed by atoms with E-state index in [0.717, 1.165) is 0 Å². The largest absolute Gasteiger partial charge is 0.481 e. The standard InChI is InChI=1S/C18H28N4O11/c1-7(2)14(18(32)33)22-17(31)10(6-13(27)28)21-16(30)9(5-12(25)26)20-15(29)8(19)3-4-11(23)24/h7-10,14H,3-6,19H2,1-2H3,(H,20,29)(H,21,30)(H,22,31)(H,23,24)(H,25,26)(H,27,28)(H,32,33). The lowest BCUT2D eigenvalue weighted by molar-refractivity contribution is -0.145. The molecule has 0 spiro atoms. The van der Waals surface area contributed by atoms with Crippen molar-refractivity contribution in [3.05, 3.63) is 0 Å². The average molecular weight is 476 g/mol. The molecule has 0 aromatic rings. The summed E-state index contributed by atoms with van der Waals surface area (Å²) in [7, 11) is 0. The van der Waals surface area contributed by atoms with Crippen molar-refractivity contribution in [1.82, 2.24) is 16.0 Å². The van der Waals surface area contributed by atoms with Crippen LogP contribution in [0.4, 0.5) is 0 Å². The molecule has 0 radical (unpaired) electrons. The molecule has 0 aliphatic carbocycles. The Balaban J connectivity index is 5.51. The topological polar surface area (TPSA) is 263 Å². The third-order valence-corrected chi connectivity index (χ3v) is 4.26. The molecule has 0 bridgehead atoms. The van der Waals surface area contributed by atoms with Crippen LogP contribution in [0.3, 0.4) is 0 Å². The maximum absolute atomic E-state index is 12.5. The lowest BCUT2D eigenvalue weighted by atomic mass is 10.0. The molecule has 0 heterocycles. The number of nitrogens with one attached hydrogen (secondary N) is 3. The number of carbonyl (C=O) groups is 7. The Morgan fingerprint density at radius 3 is 1.48 bits per heavy atom. The number of aliphatic carboxylic acids is 4. The summed E-state index contributed by atoms with van der Waals surface area (Å²) in [6.07, 6.45) is -2.70. The van der Waals surface area contributed by atoms with Crippen molar-refractivity contribution in [2.75, 3.05) is 0 Å². The number of hydrogen-bond donors (Lipinski definition) is 8. The normalized spacial score (nSPS) is 14.3. The maximum atomic E-state index is 12.5. The second-order valence-electron chi connectivity index (χ2n) is 7.43. The molecular formula is C18H28N4O11. The minimum Gasteiger partial charge on any atom is -0.481 e. The Bertz CT molecular complexity index is 783. The predicted molar refractivity (Wildman–Crippen MR) is 108 cm³/mol. The van der Waals surface area contributed by atoms with Gasteiger partial charge in [-0.1, -0.05) is 13.8 Å². The van der Waals surface area contributed by atoms with Gasteiger partial charge >= 0.3 is 23.9 Å². The Hall–Kier alpha value is -3.75. The van der Waals surface area contributed by atoms with Gasteiger partial charge in [0, 0.05) is 6.42 Å². The quantitative estimate of drug-likeness (QED) is 0.120. The Morgan fingerprint density at radius 1 is 0.697 bits per heavy atom. The molecule has 0 aromatic carbocycles. The van der Waals surface area contributed by atoms with Gasteiger partial charge in [0.1, 0.15) is 18.1 Å². The first-order chi connectivity index (χ1) is 15.1. The van der Waals surface area contributed by atoms with Crippen LogP contribution in [0.2, 0.25) is 0 Å². The highest BCUT2D eigenvalue weighted by atomic mass is 16.4. The fourth-order valence-electron chi connectivity index (χ4n) is 2.50. The number of carbonyl (C=O) groups excluding carboxylic acids is 3. The van der Waals surface area contributed by atoms with Crippen LogP contribution in [0.1, 0.15) is 39.5 Å². The molecule has 0 aliphatic heterocycles. The van der Waals surface area contributed by atoms with Gasteiger partial charge in [-0.2, -0.15) is 0 Å². The Kier molecular flexibility index (Phi) is 12.1. The highest BCUT2D eigenvalue weighted by Crippen LogP contribution is 2.05. The van der Waals surface area contributed by atoms with E-state index in [1.54, 1.807) is 0 Å². The molecule has 3 amide bonds. The van der Waals surface area contributed by atoms with Crippen LogP contribution in [0.5, 0.6) is 0 Å². The summed E-state index contributed by atoms with van der Waals surface area (Å²) in [5.41, 5.74) is 5.52. The van der Waals surface area contributed by atoms with E-state index in [1.165, 1.54) is 13.8 Å². The van der Waals surface area contributed by atoms with E-state index >= 15 is 0 Å². The van der Waals surface area contributed by atoms with E-state index < -0.39 is 90.9 Å². The summed E-state index contributed by atoms with van der Waals surface area (Å²) in [4.78, 5) is 81.1.